The topological polar surface area (TPSA) is 93.9 Å². The number of hydrogen-bond acceptors (Lipinski definition) is 7. The fourth-order valence-electron chi connectivity index (χ4n) is 2.73. The van der Waals surface area contributed by atoms with Crippen LogP contribution in [0.5, 0.6) is 11.5 Å². The highest BCUT2D eigenvalue weighted by atomic mass is 35.5. The molecule has 7 nitrogen and oxygen atoms in total. The summed E-state index contributed by atoms with van der Waals surface area (Å²) in [4.78, 5) is 14.8. The maximum absolute atomic E-state index is 7.33. The van der Waals surface area contributed by atoms with Gasteiger partial charge in [-0.15, -0.1) is 0 Å². The number of ether oxygens (including phenoxy) is 1. The van der Waals surface area contributed by atoms with E-state index >= 15 is 0 Å². The van der Waals surface area contributed by atoms with Crippen molar-refractivity contribution in [3.8, 4) is 23.7 Å². The van der Waals surface area contributed by atoms with Crippen molar-refractivity contribution in [1.29, 1.82) is 0 Å². The molecule has 3 aromatic rings. The highest BCUT2D eigenvalue weighted by Gasteiger charge is 2.07. The molecule has 0 radical (unpaired) electrons. The van der Waals surface area contributed by atoms with Crippen LogP contribution in [0.1, 0.15) is 30.3 Å². The Bertz CT molecular complexity index is 1010. The number of aryl methyl sites for hydroxylation is 3. The second kappa shape index (κ2) is 14.1. The molecule has 32 heavy (non-hydrogen) atoms. The summed E-state index contributed by atoms with van der Waals surface area (Å²) >= 11 is 12.2. The lowest BCUT2D eigenvalue weighted by molar-refractivity contribution is -0.188. The van der Waals surface area contributed by atoms with E-state index in [4.69, 9.17) is 38.5 Å². The predicted molar refractivity (Wildman–Crippen MR) is 122 cm³/mol. The summed E-state index contributed by atoms with van der Waals surface area (Å²) in [5.74, 6) is 1.58. The molecule has 0 aliphatic carbocycles. The predicted octanol–water partition coefficient (Wildman–Crippen LogP) is 6.20. The van der Waals surface area contributed by atoms with E-state index in [1.807, 2.05) is 43.3 Å². The first-order chi connectivity index (χ1) is 15.6. The van der Waals surface area contributed by atoms with Gasteiger partial charge in [-0.3, -0.25) is 9.78 Å². The molecule has 1 heterocycles. The molecule has 168 valence electrons. The smallest absolute Gasteiger partial charge is 0.204 e. The van der Waals surface area contributed by atoms with E-state index in [0.29, 0.717) is 10.0 Å². The zero-order valence-corrected chi connectivity index (χ0v) is 18.8. The number of aromatic nitrogens is 2. The molecule has 0 aliphatic heterocycles. The first-order valence-corrected chi connectivity index (χ1v) is 10.4. The molecule has 0 aliphatic rings. The number of rotatable bonds is 7. The van der Waals surface area contributed by atoms with Crippen molar-refractivity contribution in [1.82, 2.24) is 9.97 Å². The Morgan fingerprint density at radius 3 is 1.94 bits per heavy atom. The van der Waals surface area contributed by atoms with Crippen LogP contribution in [0.15, 0.2) is 54.9 Å². The third-order valence-corrected chi connectivity index (χ3v) is 4.94. The van der Waals surface area contributed by atoms with Gasteiger partial charge in [-0.05, 0) is 67.6 Å². The average molecular weight is 477 g/mol. The Hall–Kier alpha value is -3.02. The van der Waals surface area contributed by atoms with Gasteiger partial charge in [0, 0.05) is 5.02 Å². The highest BCUT2D eigenvalue weighted by molar-refractivity contribution is 6.31. The van der Waals surface area contributed by atoms with Crippen molar-refractivity contribution in [3.05, 3.63) is 81.9 Å². The van der Waals surface area contributed by atoms with Crippen LogP contribution in [0.25, 0.3) is 0 Å². The molecule has 0 fully saturated rings. The van der Waals surface area contributed by atoms with Crippen LogP contribution in [-0.4, -0.2) is 20.5 Å². The summed E-state index contributed by atoms with van der Waals surface area (Å²) in [7, 11) is 0. The summed E-state index contributed by atoms with van der Waals surface area (Å²) in [5.41, 5.74) is 3.11. The van der Waals surface area contributed by atoms with Crippen molar-refractivity contribution in [2.45, 2.75) is 32.6 Å². The number of hydrogen-bond donors (Lipinski definition) is 2. The Morgan fingerprint density at radius 1 is 0.812 bits per heavy atom. The zero-order chi connectivity index (χ0) is 23.2. The minimum Gasteiger partial charge on any atom is -0.457 e. The van der Waals surface area contributed by atoms with Gasteiger partial charge in [0.25, 0.3) is 0 Å². The second-order valence-electron chi connectivity index (χ2n) is 6.37. The van der Waals surface area contributed by atoms with Crippen LogP contribution < -0.4 is 4.74 Å². The second-order valence-corrected chi connectivity index (χ2v) is 7.19. The van der Waals surface area contributed by atoms with E-state index in [0.717, 1.165) is 48.6 Å². The zero-order valence-electron chi connectivity index (χ0n) is 17.3. The van der Waals surface area contributed by atoms with Gasteiger partial charge in [-0.2, -0.15) is 10.5 Å². The molecular formula is C23H22Cl2N2O5. The standard InChI is InChI=1S/C21H20Cl2N2O.C2H2O4/c1-2-19-21(23)20(25-14-24-19)5-3-4-15-6-10-17(11-7-15)26-18-12-8-16(22)9-13-18;3-5-1-2-6-4/h6-14H,2-5H2,1H3;3-4H. The van der Waals surface area contributed by atoms with Crippen LogP contribution in [0.4, 0.5) is 0 Å². The molecule has 2 aromatic carbocycles. The monoisotopic (exact) mass is 476 g/mol. The summed E-state index contributed by atoms with van der Waals surface area (Å²) in [6.45, 7) is 2.05. The summed E-state index contributed by atoms with van der Waals surface area (Å²) in [5, 5.41) is 16.1. The minimum absolute atomic E-state index is 0.697. The van der Waals surface area contributed by atoms with Gasteiger partial charge in [0.15, 0.2) is 0 Å². The molecule has 0 unspecified atom stereocenters. The van der Waals surface area contributed by atoms with E-state index in [1.54, 1.807) is 6.33 Å². The van der Waals surface area contributed by atoms with Crippen molar-refractivity contribution in [2.24, 2.45) is 0 Å². The summed E-state index contributed by atoms with van der Waals surface area (Å²) in [6, 6.07) is 15.5. The van der Waals surface area contributed by atoms with Crippen LogP contribution in [-0.2, 0) is 29.0 Å². The highest BCUT2D eigenvalue weighted by Crippen LogP contribution is 2.24. The molecule has 1 aromatic heterocycles. The van der Waals surface area contributed by atoms with Gasteiger partial charge in [-0.1, -0.05) is 42.3 Å². The molecule has 0 amide bonds. The Balaban J connectivity index is 0.000000534. The lowest BCUT2D eigenvalue weighted by Gasteiger charge is -2.08. The van der Waals surface area contributed by atoms with E-state index in [2.05, 4.69) is 31.9 Å². The van der Waals surface area contributed by atoms with E-state index in [1.165, 1.54) is 17.8 Å². The number of halogens is 2. The first kappa shape index (κ1) is 25.2. The van der Waals surface area contributed by atoms with Gasteiger partial charge in [-0.25, -0.2) is 9.97 Å². The van der Waals surface area contributed by atoms with Gasteiger partial charge >= 0.3 is 0 Å². The third kappa shape index (κ3) is 8.61. The molecule has 0 atom stereocenters. The van der Waals surface area contributed by atoms with E-state index in [-0.39, 0.29) is 0 Å². The lowest BCUT2D eigenvalue weighted by Crippen LogP contribution is -1.99. The van der Waals surface area contributed by atoms with Crippen LogP contribution in [0.3, 0.4) is 0 Å². The molecular weight excluding hydrogens is 455 g/mol. The first-order valence-electron chi connectivity index (χ1n) is 9.68. The molecule has 2 N–H and O–H groups in total. The molecule has 0 saturated heterocycles. The van der Waals surface area contributed by atoms with Crippen molar-refractivity contribution in [3.63, 3.8) is 0 Å². The lowest BCUT2D eigenvalue weighted by atomic mass is 10.1. The summed E-state index contributed by atoms with van der Waals surface area (Å²) in [6.07, 6.45) is 8.27. The minimum atomic E-state index is 0.697. The van der Waals surface area contributed by atoms with Crippen LogP contribution >= 0.6 is 23.2 Å². The molecule has 0 bridgehead atoms. The van der Waals surface area contributed by atoms with Crippen molar-refractivity contribution in [2.75, 3.05) is 0 Å². The molecule has 0 saturated carbocycles. The quantitative estimate of drug-likeness (QED) is 0.238. The van der Waals surface area contributed by atoms with E-state index in [9.17, 15) is 0 Å². The van der Waals surface area contributed by atoms with Gasteiger partial charge in [0.1, 0.15) is 17.8 Å². The Labute approximate surface area is 196 Å². The van der Waals surface area contributed by atoms with Gasteiger partial charge in [0.2, 0.25) is 12.2 Å². The van der Waals surface area contributed by atoms with Crippen molar-refractivity contribution >= 4 is 23.2 Å². The maximum Gasteiger partial charge on any atom is 0.204 e. The Morgan fingerprint density at radius 2 is 1.38 bits per heavy atom. The fourth-order valence-corrected chi connectivity index (χ4v) is 3.18. The van der Waals surface area contributed by atoms with Gasteiger partial charge < -0.3 is 4.74 Å². The Kier molecular flexibility index (Phi) is 11.1. The van der Waals surface area contributed by atoms with E-state index < -0.39 is 0 Å². The summed E-state index contributed by atoms with van der Waals surface area (Å²) < 4.78 is 5.81. The van der Waals surface area contributed by atoms with Crippen LogP contribution in [0, 0.1) is 12.2 Å². The number of benzene rings is 2. The average Bonchev–Trinajstić information content (AvgIpc) is 2.82. The molecule has 9 heteroatoms. The SMILES string of the molecule is CCc1ncnc(CCCc2ccc(Oc3ccc(Cl)cc3)cc2)c1Cl.OOC#COO. The normalized spacial score (nSPS) is 9.66. The molecule has 3 rings (SSSR count). The van der Waals surface area contributed by atoms with Crippen LogP contribution in [0.2, 0.25) is 10.0 Å². The fraction of sp³-hybridized carbons (Fsp3) is 0.217. The van der Waals surface area contributed by atoms with Crippen molar-refractivity contribution < 1.29 is 25.0 Å². The largest absolute Gasteiger partial charge is 0.457 e. The molecule has 0 spiro atoms. The van der Waals surface area contributed by atoms with Gasteiger partial charge in [0.05, 0.1) is 16.4 Å². The maximum atomic E-state index is 7.33. The number of nitrogens with zero attached hydrogens (tertiary/aromatic N) is 2. The third-order valence-electron chi connectivity index (χ3n) is 4.25.